The van der Waals surface area contributed by atoms with Gasteiger partial charge in [0.2, 0.25) is 0 Å². The van der Waals surface area contributed by atoms with E-state index in [9.17, 15) is 13.9 Å². The van der Waals surface area contributed by atoms with Gasteiger partial charge in [0.05, 0.1) is 30.3 Å². The van der Waals surface area contributed by atoms with Crippen LogP contribution in [0.15, 0.2) is 30.5 Å². The van der Waals surface area contributed by atoms with Gasteiger partial charge in [0.1, 0.15) is 34.8 Å². The van der Waals surface area contributed by atoms with E-state index in [1.165, 1.54) is 50.4 Å². The molecule has 8 nitrogen and oxygen atoms in total. The van der Waals surface area contributed by atoms with Crippen LogP contribution in [0.25, 0.3) is 32.9 Å². The predicted octanol–water partition coefficient (Wildman–Crippen LogP) is 5.38. The van der Waals surface area contributed by atoms with E-state index in [0.29, 0.717) is 42.3 Å². The van der Waals surface area contributed by atoms with Gasteiger partial charge in [-0.2, -0.15) is 9.97 Å². The summed E-state index contributed by atoms with van der Waals surface area (Å²) in [7, 11) is 1.42. The fraction of sp³-hybridized carbons (Fsp3) is 0.424. The van der Waals surface area contributed by atoms with Crippen LogP contribution in [0.2, 0.25) is 0 Å². The smallest absolute Gasteiger partial charge is 0.318 e. The van der Waals surface area contributed by atoms with E-state index in [0.717, 1.165) is 25.8 Å². The zero-order valence-corrected chi connectivity index (χ0v) is 24.3. The number of halogens is 3. The summed E-state index contributed by atoms with van der Waals surface area (Å²) in [6, 6.07) is 6.07. The van der Waals surface area contributed by atoms with Crippen LogP contribution in [0.5, 0.6) is 11.8 Å². The maximum absolute atomic E-state index is 16.1. The van der Waals surface area contributed by atoms with Crippen LogP contribution >= 0.6 is 0 Å². The highest BCUT2D eigenvalue weighted by molar-refractivity contribution is 6.03. The van der Waals surface area contributed by atoms with Crippen molar-refractivity contribution in [2.45, 2.75) is 56.5 Å². The Morgan fingerprint density at radius 3 is 2.61 bits per heavy atom. The summed E-state index contributed by atoms with van der Waals surface area (Å²) in [5, 5.41) is 11.5. The Kier molecular flexibility index (Phi) is 7.42. The van der Waals surface area contributed by atoms with Crippen molar-refractivity contribution in [1.29, 1.82) is 0 Å². The lowest BCUT2D eigenvalue weighted by atomic mass is 9.96. The summed E-state index contributed by atoms with van der Waals surface area (Å²) in [6.45, 7) is 3.10. The molecule has 11 heteroatoms. The largest absolute Gasteiger partial charge is 0.508 e. The van der Waals surface area contributed by atoms with E-state index in [-0.39, 0.29) is 51.7 Å². The number of benzene rings is 2. The maximum Gasteiger partial charge on any atom is 0.318 e. The van der Waals surface area contributed by atoms with E-state index in [1.807, 2.05) is 0 Å². The first-order valence-corrected chi connectivity index (χ1v) is 14.9. The molecule has 44 heavy (non-hydrogen) atoms. The molecule has 1 N–H and O–H groups in total. The highest BCUT2D eigenvalue weighted by Crippen LogP contribution is 2.39. The Hall–Kier alpha value is -4.14. The second-order valence-corrected chi connectivity index (χ2v) is 11.9. The number of methoxy groups -OCH3 is 1. The Morgan fingerprint density at radius 2 is 1.89 bits per heavy atom. The first-order valence-electron chi connectivity index (χ1n) is 14.9. The number of phenols is 1. The summed E-state index contributed by atoms with van der Waals surface area (Å²) < 4.78 is 54.4. The Labute approximate surface area is 252 Å². The van der Waals surface area contributed by atoms with Crippen LogP contribution in [0.4, 0.5) is 19.0 Å². The summed E-state index contributed by atoms with van der Waals surface area (Å²) in [5.74, 6) is 1.35. The number of hydrogen-bond acceptors (Lipinski definition) is 8. The molecule has 4 aliphatic rings. The minimum absolute atomic E-state index is 0.00541. The highest BCUT2D eigenvalue weighted by Gasteiger charge is 2.36. The molecule has 0 aliphatic carbocycles. The van der Waals surface area contributed by atoms with Crippen LogP contribution in [0.1, 0.15) is 37.7 Å². The van der Waals surface area contributed by atoms with Crippen LogP contribution in [-0.2, 0) is 4.74 Å². The predicted molar refractivity (Wildman–Crippen MR) is 161 cm³/mol. The molecule has 4 atom stereocenters. The fourth-order valence-corrected chi connectivity index (χ4v) is 7.11. The van der Waals surface area contributed by atoms with Crippen molar-refractivity contribution in [3.8, 4) is 35.4 Å². The molecule has 4 aliphatic heterocycles. The molecule has 0 amide bonds. The van der Waals surface area contributed by atoms with E-state index in [1.54, 1.807) is 0 Å². The molecule has 4 aromatic rings. The lowest BCUT2D eigenvalue weighted by Gasteiger charge is -2.33. The number of rotatable bonds is 3. The minimum Gasteiger partial charge on any atom is -0.508 e. The van der Waals surface area contributed by atoms with E-state index in [4.69, 9.17) is 15.9 Å². The van der Waals surface area contributed by atoms with Crippen molar-refractivity contribution in [2.75, 3.05) is 38.2 Å². The zero-order chi connectivity index (χ0) is 30.5. The van der Waals surface area contributed by atoms with Gasteiger partial charge in [-0.3, -0.25) is 9.88 Å². The number of aromatic nitrogens is 3. The number of phenolic OH excluding ortho intramolecular Hbond substituents is 1. The Bertz CT molecular complexity index is 1770. The standard InChI is InChI=1S/C26H20F2N4O3.C7H12FN/c1-3-17-20(27)7-4-13-8-14(33)9-18(21(13)17)23-22(28)24-19(10-29-23)25(31-26(30-24)34-2)32-11-15-5-6-16(12-32)35-15;8-6-4-7-2-1-3-9(7)5-6/h1,4,7-10,15-16,33H,5-6,11-12H2,2H3;6-7H,1-5H2. The average Bonchev–Trinajstić information content (AvgIpc) is 3.71. The first kappa shape index (κ1) is 28.6. The van der Waals surface area contributed by atoms with Gasteiger partial charge in [-0.1, -0.05) is 12.0 Å². The second kappa shape index (κ2) is 11.4. The number of nitrogens with zero attached hydrogens (tertiary/aromatic N) is 5. The second-order valence-electron chi connectivity index (χ2n) is 11.9. The van der Waals surface area contributed by atoms with Crippen LogP contribution in [-0.4, -0.2) is 82.7 Å². The third-order valence-electron chi connectivity index (χ3n) is 9.08. The topological polar surface area (TPSA) is 83.8 Å². The normalized spacial score (nSPS) is 24.3. The van der Waals surface area contributed by atoms with Crippen molar-refractivity contribution < 1.29 is 27.8 Å². The number of pyridine rings is 1. The lowest BCUT2D eigenvalue weighted by molar-refractivity contribution is 0.0303. The van der Waals surface area contributed by atoms with Gasteiger partial charge in [-0.05, 0) is 62.2 Å². The zero-order valence-electron chi connectivity index (χ0n) is 24.3. The number of alkyl halides is 1. The number of morpholine rings is 1. The van der Waals surface area contributed by atoms with Crippen LogP contribution in [0.3, 0.4) is 0 Å². The molecule has 4 fully saturated rings. The molecular weight excluding hydrogens is 571 g/mol. The van der Waals surface area contributed by atoms with Gasteiger partial charge in [-0.15, -0.1) is 6.42 Å². The van der Waals surface area contributed by atoms with E-state index >= 15 is 4.39 Å². The molecule has 228 valence electrons. The van der Waals surface area contributed by atoms with Gasteiger partial charge >= 0.3 is 6.01 Å². The molecule has 8 rings (SSSR count). The molecule has 2 aromatic carbocycles. The van der Waals surface area contributed by atoms with Gasteiger partial charge < -0.3 is 19.5 Å². The number of ether oxygens (including phenoxy) is 2. The molecule has 4 unspecified atom stereocenters. The van der Waals surface area contributed by atoms with Gasteiger partial charge in [0.15, 0.2) is 5.82 Å². The van der Waals surface area contributed by atoms with E-state index < -0.39 is 17.8 Å². The van der Waals surface area contributed by atoms with Crippen molar-refractivity contribution >= 4 is 27.5 Å². The molecule has 4 saturated heterocycles. The van der Waals surface area contributed by atoms with Crippen molar-refractivity contribution in [2.24, 2.45) is 0 Å². The van der Waals surface area contributed by atoms with Gasteiger partial charge in [-0.25, -0.2) is 13.2 Å². The number of aromatic hydroxyl groups is 1. The first-order chi connectivity index (χ1) is 21.3. The summed E-state index contributed by atoms with van der Waals surface area (Å²) >= 11 is 0. The SMILES string of the molecule is C#Cc1c(F)ccc2cc(O)cc(-c3ncc4c(N5CC6CCC(C5)O6)nc(OC)nc4c3F)c12.FC1CC2CCCN2C1. The molecule has 6 heterocycles. The average molecular weight is 604 g/mol. The number of hydrogen-bond donors (Lipinski definition) is 1. The van der Waals surface area contributed by atoms with E-state index in [2.05, 4.69) is 30.7 Å². The van der Waals surface area contributed by atoms with Crippen LogP contribution in [0, 0.1) is 24.0 Å². The molecule has 0 saturated carbocycles. The Morgan fingerprint density at radius 1 is 1.09 bits per heavy atom. The Balaban J connectivity index is 0.000000296. The molecule has 0 radical (unpaired) electrons. The maximum atomic E-state index is 16.1. The lowest BCUT2D eigenvalue weighted by Crippen LogP contribution is -2.43. The molecular formula is C33H32F3N5O3. The summed E-state index contributed by atoms with van der Waals surface area (Å²) in [4.78, 5) is 17.5. The third-order valence-corrected chi connectivity index (χ3v) is 9.08. The summed E-state index contributed by atoms with van der Waals surface area (Å²) in [5.41, 5.74) is 0.0130. The van der Waals surface area contributed by atoms with Crippen molar-refractivity contribution in [3.05, 3.63) is 47.7 Å². The molecule has 0 spiro atoms. The number of fused-ring (bicyclic) bond motifs is 5. The monoisotopic (exact) mass is 603 g/mol. The minimum atomic E-state index is -0.750. The third kappa shape index (κ3) is 5.06. The highest BCUT2D eigenvalue weighted by atomic mass is 19.1. The molecule has 2 bridgehead atoms. The van der Waals surface area contributed by atoms with Crippen molar-refractivity contribution in [1.82, 2.24) is 19.9 Å². The van der Waals surface area contributed by atoms with Gasteiger partial charge in [0.25, 0.3) is 0 Å². The quantitative estimate of drug-likeness (QED) is 0.313. The number of terminal acetylenes is 1. The fourth-order valence-electron chi connectivity index (χ4n) is 7.11. The summed E-state index contributed by atoms with van der Waals surface area (Å²) in [6.07, 6.45) is 12.0. The number of anilines is 1. The molecule has 2 aromatic heterocycles. The van der Waals surface area contributed by atoms with Gasteiger partial charge in [0, 0.05) is 42.8 Å². The van der Waals surface area contributed by atoms with Crippen LogP contribution < -0.4 is 9.64 Å². The van der Waals surface area contributed by atoms with Crippen molar-refractivity contribution in [3.63, 3.8) is 0 Å².